The summed E-state index contributed by atoms with van der Waals surface area (Å²) in [6, 6.07) is -0.440. The average molecular weight is 277 g/mol. The molecular formula is C11H23N3O3S. The molecule has 0 aliphatic carbocycles. The highest BCUT2D eigenvalue weighted by Gasteiger charge is 2.21. The number of piperidine rings is 1. The van der Waals surface area contributed by atoms with Crippen LogP contribution in [0, 0.1) is 0 Å². The Balaban J connectivity index is 2.37. The van der Waals surface area contributed by atoms with E-state index >= 15 is 0 Å². The summed E-state index contributed by atoms with van der Waals surface area (Å²) in [6.07, 6.45) is 3.94. The van der Waals surface area contributed by atoms with Crippen molar-refractivity contribution in [1.82, 2.24) is 15.4 Å². The fourth-order valence-electron chi connectivity index (χ4n) is 2.07. The van der Waals surface area contributed by atoms with Gasteiger partial charge in [0.25, 0.3) is 0 Å². The molecule has 0 aromatic heterocycles. The lowest BCUT2D eigenvalue weighted by molar-refractivity contribution is -0.121. The van der Waals surface area contributed by atoms with E-state index in [0.717, 1.165) is 25.8 Å². The molecule has 1 rings (SSSR count). The Hall–Kier alpha value is -0.660. The fraction of sp³-hybridized carbons (Fsp3) is 0.909. The van der Waals surface area contributed by atoms with Crippen molar-refractivity contribution in [1.29, 1.82) is 0 Å². The maximum absolute atomic E-state index is 11.8. The van der Waals surface area contributed by atoms with Gasteiger partial charge in [-0.1, -0.05) is 6.42 Å². The highest BCUT2D eigenvalue weighted by atomic mass is 32.2. The summed E-state index contributed by atoms with van der Waals surface area (Å²) in [5.41, 5.74) is 0. The first kappa shape index (κ1) is 15.4. The van der Waals surface area contributed by atoms with Crippen molar-refractivity contribution >= 4 is 15.9 Å². The van der Waals surface area contributed by atoms with Gasteiger partial charge in [0.2, 0.25) is 15.9 Å². The predicted octanol–water partition coefficient (Wildman–Crippen LogP) is -0.427. The molecule has 0 saturated carbocycles. The van der Waals surface area contributed by atoms with Gasteiger partial charge in [0.05, 0.1) is 11.8 Å². The first-order chi connectivity index (χ1) is 8.44. The summed E-state index contributed by atoms with van der Waals surface area (Å²) in [6.45, 7) is 2.50. The van der Waals surface area contributed by atoms with Crippen molar-refractivity contribution in [3.8, 4) is 0 Å². The Labute approximate surface area is 109 Å². The molecular weight excluding hydrogens is 254 g/mol. The SMILES string of the molecule is CNC(=O)C(C)NS(=O)(=O)CCC1CCCCN1. The Morgan fingerprint density at radius 3 is 2.72 bits per heavy atom. The van der Waals surface area contributed by atoms with Crippen LogP contribution in [0.5, 0.6) is 0 Å². The monoisotopic (exact) mass is 277 g/mol. The van der Waals surface area contributed by atoms with E-state index in [2.05, 4.69) is 15.4 Å². The Morgan fingerprint density at radius 2 is 2.17 bits per heavy atom. The van der Waals surface area contributed by atoms with Gasteiger partial charge < -0.3 is 10.6 Å². The smallest absolute Gasteiger partial charge is 0.237 e. The van der Waals surface area contributed by atoms with Gasteiger partial charge >= 0.3 is 0 Å². The molecule has 1 aliphatic rings. The number of likely N-dealkylation sites (N-methyl/N-ethyl adjacent to an activating group) is 1. The molecule has 1 saturated heterocycles. The van der Waals surface area contributed by atoms with Crippen LogP contribution >= 0.6 is 0 Å². The van der Waals surface area contributed by atoms with E-state index in [1.165, 1.54) is 14.0 Å². The van der Waals surface area contributed by atoms with Crippen LogP contribution in [0.1, 0.15) is 32.6 Å². The summed E-state index contributed by atoms with van der Waals surface area (Å²) in [4.78, 5) is 11.2. The van der Waals surface area contributed by atoms with Gasteiger partial charge in [-0.3, -0.25) is 4.79 Å². The van der Waals surface area contributed by atoms with Crippen molar-refractivity contribution in [2.24, 2.45) is 0 Å². The number of rotatable bonds is 6. The number of nitrogens with one attached hydrogen (secondary N) is 3. The van der Waals surface area contributed by atoms with E-state index in [9.17, 15) is 13.2 Å². The number of sulfonamides is 1. The molecule has 7 heteroatoms. The summed E-state index contributed by atoms with van der Waals surface area (Å²) in [5, 5.41) is 5.72. The Kier molecular flexibility index (Phi) is 6.04. The third-order valence-electron chi connectivity index (χ3n) is 3.14. The average Bonchev–Trinajstić information content (AvgIpc) is 2.36. The molecule has 0 bridgehead atoms. The van der Waals surface area contributed by atoms with Crippen LogP contribution in [0.3, 0.4) is 0 Å². The van der Waals surface area contributed by atoms with Gasteiger partial charge in [-0.15, -0.1) is 0 Å². The molecule has 1 fully saturated rings. The summed E-state index contributed by atoms with van der Waals surface area (Å²) < 4.78 is 25.9. The zero-order valence-corrected chi connectivity index (χ0v) is 11.8. The number of hydrogen-bond donors (Lipinski definition) is 3. The second kappa shape index (κ2) is 7.06. The summed E-state index contributed by atoms with van der Waals surface area (Å²) in [7, 11) is -1.90. The molecule has 1 heterocycles. The number of hydrogen-bond acceptors (Lipinski definition) is 4. The van der Waals surface area contributed by atoms with Gasteiger partial charge in [-0.2, -0.15) is 0 Å². The highest BCUT2D eigenvalue weighted by molar-refractivity contribution is 7.89. The largest absolute Gasteiger partial charge is 0.358 e. The normalized spacial score (nSPS) is 22.4. The molecule has 0 aromatic rings. The van der Waals surface area contributed by atoms with Crippen LogP contribution in [-0.2, 0) is 14.8 Å². The van der Waals surface area contributed by atoms with Crippen molar-refractivity contribution in [3.05, 3.63) is 0 Å². The fourth-order valence-corrected chi connectivity index (χ4v) is 3.42. The van der Waals surface area contributed by atoms with E-state index in [-0.39, 0.29) is 17.7 Å². The molecule has 6 nitrogen and oxygen atoms in total. The van der Waals surface area contributed by atoms with Crippen molar-refractivity contribution in [2.45, 2.75) is 44.7 Å². The zero-order chi connectivity index (χ0) is 13.6. The molecule has 2 unspecified atom stereocenters. The van der Waals surface area contributed by atoms with Gasteiger partial charge in [-0.25, -0.2) is 13.1 Å². The molecule has 3 N–H and O–H groups in total. The predicted molar refractivity (Wildman–Crippen MR) is 70.7 cm³/mol. The van der Waals surface area contributed by atoms with Crippen LogP contribution in [-0.4, -0.2) is 45.8 Å². The summed E-state index contributed by atoms with van der Waals surface area (Å²) >= 11 is 0. The molecule has 1 amide bonds. The van der Waals surface area contributed by atoms with Gasteiger partial charge in [0, 0.05) is 13.1 Å². The number of carbonyl (C=O) groups is 1. The van der Waals surface area contributed by atoms with Crippen LogP contribution < -0.4 is 15.4 Å². The van der Waals surface area contributed by atoms with Crippen molar-refractivity contribution in [3.63, 3.8) is 0 Å². The minimum absolute atomic E-state index is 0.0615. The second-order valence-corrected chi connectivity index (χ2v) is 6.58. The maximum Gasteiger partial charge on any atom is 0.237 e. The lowest BCUT2D eigenvalue weighted by Crippen LogP contribution is -2.45. The highest BCUT2D eigenvalue weighted by Crippen LogP contribution is 2.10. The Morgan fingerprint density at radius 1 is 1.44 bits per heavy atom. The molecule has 18 heavy (non-hydrogen) atoms. The lowest BCUT2D eigenvalue weighted by atomic mass is 10.0. The minimum Gasteiger partial charge on any atom is -0.358 e. The van der Waals surface area contributed by atoms with E-state index in [0.29, 0.717) is 6.42 Å². The standard InChI is InChI=1S/C11H23N3O3S/c1-9(11(15)12-2)14-18(16,17)8-6-10-5-3-4-7-13-10/h9-10,13-14H,3-8H2,1-2H3,(H,12,15). The first-order valence-electron chi connectivity index (χ1n) is 6.39. The molecule has 0 radical (unpaired) electrons. The quantitative estimate of drug-likeness (QED) is 0.615. The van der Waals surface area contributed by atoms with Crippen LogP contribution in [0.4, 0.5) is 0 Å². The molecule has 0 spiro atoms. The molecule has 0 aromatic carbocycles. The summed E-state index contributed by atoms with van der Waals surface area (Å²) in [5.74, 6) is -0.263. The van der Waals surface area contributed by atoms with Gasteiger partial charge in [0.1, 0.15) is 0 Å². The topological polar surface area (TPSA) is 87.3 Å². The van der Waals surface area contributed by atoms with E-state index in [1.807, 2.05) is 0 Å². The first-order valence-corrected chi connectivity index (χ1v) is 8.05. The third kappa shape index (κ3) is 5.32. The third-order valence-corrected chi connectivity index (χ3v) is 4.63. The van der Waals surface area contributed by atoms with Gasteiger partial charge in [-0.05, 0) is 32.7 Å². The Bertz CT molecular complexity index is 364. The van der Waals surface area contributed by atoms with E-state index in [4.69, 9.17) is 0 Å². The molecule has 1 aliphatic heterocycles. The second-order valence-electron chi connectivity index (χ2n) is 4.71. The minimum atomic E-state index is -3.39. The maximum atomic E-state index is 11.8. The number of amides is 1. The van der Waals surface area contributed by atoms with Crippen LogP contribution in [0.15, 0.2) is 0 Å². The van der Waals surface area contributed by atoms with Crippen molar-refractivity contribution in [2.75, 3.05) is 19.3 Å². The van der Waals surface area contributed by atoms with E-state index < -0.39 is 16.1 Å². The van der Waals surface area contributed by atoms with Gasteiger partial charge in [0.15, 0.2) is 0 Å². The van der Waals surface area contributed by atoms with Crippen molar-refractivity contribution < 1.29 is 13.2 Å². The van der Waals surface area contributed by atoms with Crippen LogP contribution in [0.2, 0.25) is 0 Å². The van der Waals surface area contributed by atoms with Crippen LogP contribution in [0.25, 0.3) is 0 Å². The molecule has 2 atom stereocenters. The number of carbonyl (C=O) groups excluding carboxylic acids is 1. The zero-order valence-electron chi connectivity index (χ0n) is 11.0. The molecule has 106 valence electrons. The van der Waals surface area contributed by atoms with E-state index in [1.54, 1.807) is 0 Å². The lowest BCUT2D eigenvalue weighted by Gasteiger charge is -2.23.